The first-order chi connectivity index (χ1) is 7.67. The number of nitrogens with zero attached hydrogens (tertiary/aromatic N) is 1. The van der Waals surface area contributed by atoms with Crippen LogP contribution in [0.25, 0.3) is 0 Å². The molecule has 0 bridgehead atoms. The van der Waals surface area contributed by atoms with E-state index in [1.165, 1.54) is 6.07 Å². The van der Waals surface area contributed by atoms with Gasteiger partial charge < -0.3 is 0 Å². The van der Waals surface area contributed by atoms with Crippen molar-refractivity contribution in [1.29, 1.82) is 0 Å². The summed E-state index contributed by atoms with van der Waals surface area (Å²) in [5.74, 6) is -0.143. The Kier molecular flexibility index (Phi) is 5.99. The Morgan fingerprint density at radius 1 is 1.31 bits per heavy atom. The van der Waals surface area contributed by atoms with Crippen LogP contribution in [0, 0.1) is 12.7 Å². The lowest BCUT2D eigenvalue weighted by Crippen LogP contribution is -2.26. The highest BCUT2D eigenvalue weighted by atomic mass is 79.9. The minimum atomic E-state index is -0.143. The second kappa shape index (κ2) is 7.02. The third-order valence-corrected chi connectivity index (χ3v) is 3.00. The molecular weight excluding hydrogens is 269 g/mol. The highest BCUT2D eigenvalue weighted by Crippen LogP contribution is 2.13. The van der Waals surface area contributed by atoms with E-state index in [4.69, 9.17) is 0 Å². The second-order valence-corrected chi connectivity index (χ2v) is 4.83. The third-order valence-electron chi connectivity index (χ3n) is 2.65. The van der Waals surface area contributed by atoms with E-state index in [2.05, 4.69) is 27.8 Å². The lowest BCUT2D eigenvalue weighted by Gasteiger charge is -2.21. The number of rotatable bonds is 6. The van der Waals surface area contributed by atoms with Gasteiger partial charge in [-0.3, -0.25) is 4.90 Å². The lowest BCUT2D eigenvalue weighted by molar-refractivity contribution is 0.283. The largest absolute Gasteiger partial charge is 0.298 e. The molecule has 0 aliphatic carbocycles. The van der Waals surface area contributed by atoms with Gasteiger partial charge in [-0.1, -0.05) is 28.9 Å². The molecule has 16 heavy (non-hydrogen) atoms. The van der Waals surface area contributed by atoms with Crippen molar-refractivity contribution in [1.82, 2.24) is 4.90 Å². The number of hydrogen-bond donors (Lipinski definition) is 0. The van der Waals surface area contributed by atoms with Crippen LogP contribution < -0.4 is 0 Å². The van der Waals surface area contributed by atoms with E-state index < -0.39 is 0 Å². The molecule has 0 amide bonds. The molecule has 1 rings (SSSR count). The molecule has 0 radical (unpaired) electrons. The molecule has 0 saturated carbocycles. The zero-order chi connectivity index (χ0) is 12.0. The summed E-state index contributed by atoms with van der Waals surface area (Å²) in [7, 11) is 0. The SMILES string of the molecule is CCCN(CCBr)Cc1cc(F)ccc1C. The van der Waals surface area contributed by atoms with Gasteiger partial charge in [0.2, 0.25) is 0 Å². The molecule has 3 heteroatoms. The average molecular weight is 288 g/mol. The first-order valence-electron chi connectivity index (χ1n) is 5.70. The minimum absolute atomic E-state index is 0.143. The molecule has 0 aromatic heterocycles. The molecule has 1 aromatic carbocycles. The number of hydrogen-bond acceptors (Lipinski definition) is 1. The fourth-order valence-corrected chi connectivity index (χ4v) is 2.26. The predicted octanol–water partition coefficient (Wildman–Crippen LogP) is 3.74. The normalized spacial score (nSPS) is 11.1. The van der Waals surface area contributed by atoms with E-state index in [0.717, 1.165) is 42.5 Å². The summed E-state index contributed by atoms with van der Waals surface area (Å²) in [6.07, 6.45) is 1.13. The Hall–Kier alpha value is -0.410. The van der Waals surface area contributed by atoms with E-state index in [1.54, 1.807) is 6.07 Å². The first kappa shape index (κ1) is 13.7. The Morgan fingerprint density at radius 2 is 2.06 bits per heavy atom. The Labute approximate surface area is 106 Å². The van der Waals surface area contributed by atoms with Crippen LogP contribution in [-0.4, -0.2) is 23.3 Å². The standard InChI is InChI=1S/C13H19BrFN/c1-3-7-16(8-6-14)10-12-9-13(15)5-4-11(12)2/h4-5,9H,3,6-8,10H2,1-2H3. The van der Waals surface area contributed by atoms with Gasteiger partial charge in [-0.15, -0.1) is 0 Å². The zero-order valence-corrected chi connectivity index (χ0v) is 11.6. The number of alkyl halides is 1. The number of halogens is 2. The van der Waals surface area contributed by atoms with Crippen LogP contribution in [0.2, 0.25) is 0 Å². The molecule has 0 N–H and O–H groups in total. The molecule has 0 aliphatic heterocycles. The number of benzene rings is 1. The van der Waals surface area contributed by atoms with Gasteiger partial charge in [-0.25, -0.2) is 4.39 Å². The monoisotopic (exact) mass is 287 g/mol. The summed E-state index contributed by atoms with van der Waals surface area (Å²) in [6.45, 7) is 7.10. The predicted molar refractivity (Wildman–Crippen MR) is 70.5 cm³/mol. The molecule has 0 atom stereocenters. The number of aryl methyl sites for hydroxylation is 1. The van der Waals surface area contributed by atoms with Gasteiger partial charge in [0.25, 0.3) is 0 Å². The summed E-state index contributed by atoms with van der Waals surface area (Å²) in [6, 6.07) is 5.02. The van der Waals surface area contributed by atoms with Gasteiger partial charge in [0.15, 0.2) is 0 Å². The Bertz CT molecular complexity index is 322. The highest BCUT2D eigenvalue weighted by Gasteiger charge is 2.07. The molecule has 0 saturated heterocycles. The van der Waals surface area contributed by atoms with Gasteiger partial charge in [0.05, 0.1) is 0 Å². The topological polar surface area (TPSA) is 3.24 Å². The summed E-state index contributed by atoms with van der Waals surface area (Å²) >= 11 is 3.45. The Morgan fingerprint density at radius 3 is 2.69 bits per heavy atom. The quantitative estimate of drug-likeness (QED) is 0.721. The van der Waals surface area contributed by atoms with E-state index in [1.807, 2.05) is 13.0 Å². The van der Waals surface area contributed by atoms with Crippen molar-refractivity contribution in [3.8, 4) is 0 Å². The molecule has 90 valence electrons. The maximum Gasteiger partial charge on any atom is 0.123 e. The van der Waals surface area contributed by atoms with Gasteiger partial charge in [-0.05, 0) is 43.1 Å². The second-order valence-electron chi connectivity index (χ2n) is 4.04. The minimum Gasteiger partial charge on any atom is -0.298 e. The van der Waals surface area contributed by atoms with Crippen LogP contribution in [0.1, 0.15) is 24.5 Å². The van der Waals surface area contributed by atoms with Crippen molar-refractivity contribution in [2.75, 3.05) is 18.4 Å². The maximum atomic E-state index is 13.1. The van der Waals surface area contributed by atoms with Crippen LogP contribution >= 0.6 is 15.9 Å². The summed E-state index contributed by atoms with van der Waals surface area (Å²) in [5.41, 5.74) is 2.26. The van der Waals surface area contributed by atoms with E-state index >= 15 is 0 Å². The van der Waals surface area contributed by atoms with Gasteiger partial charge in [-0.2, -0.15) is 0 Å². The smallest absolute Gasteiger partial charge is 0.123 e. The zero-order valence-electron chi connectivity index (χ0n) is 9.97. The molecule has 0 heterocycles. The lowest BCUT2D eigenvalue weighted by atomic mass is 10.1. The van der Waals surface area contributed by atoms with Crippen molar-refractivity contribution >= 4 is 15.9 Å². The highest BCUT2D eigenvalue weighted by molar-refractivity contribution is 9.09. The van der Waals surface area contributed by atoms with Crippen molar-refractivity contribution in [2.24, 2.45) is 0 Å². The van der Waals surface area contributed by atoms with Crippen LogP contribution in [0.15, 0.2) is 18.2 Å². The van der Waals surface area contributed by atoms with E-state index in [0.29, 0.717) is 0 Å². The van der Waals surface area contributed by atoms with Crippen molar-refractivity contribution < 1.29 is 4.39 Å². The van der Waals surface area contributed by atoms with Crippen molar-refractivity contribution in [2.45, 2.75) is 26.8 Å². The molecule has 0 fully saturated rings. The molecule has 0 unspecified atom stereocenters. The van der Waals surface area contributed by atoms with Crippen LogP contribution in [0.4, 0.5) is 4.39 Å². The summed E-state index contributed by atoms with van der Waals surface area (Å²) in [4.78, 5) is 2.34. The third kappa shape index (κ3) is 4.22. The van der Waals surface area contributed by atoms with Gasteiger partial charge in [0.1, 0.15) is 5.82 Å². The maximum absolute atomic E-state index is 13.1. The van der Waals surface area contributed by atoms with Gasteiger partial charge in [0, 0.05) is 18.4 Å². The van der Waals surface area contributed by atoms with E-state index in [9.17, 15) is 4.39 Å². The van der Waals surface area contributed by atoms with Crippen LogP contribution in [0.3, 0.4) is 0 Å². The summed E-state index contributed by atoms with van der Waals surface area (Å²) in [5, 5.41) is 0.960. The fraction of sp³-hybridized carbons (Fsp3) is 0.538. The Balaban J connectivity index is 2.71. The molecule has 0 spiro atoms. The van der Waals surface area contributed by atoms with Crippen molar-refractivity contribution in [3.63, 3.8) is 0 Å². The molecular formula is C13H19BrFN. The molecule has 1 nitrogen and oxygen atoms in total. The van der Waals surface area contributed by atoms with Crippen molar-refractivity contribution in [3.05, 3.63) is 35.1 Å². The van der Waals surface area contributed by atoms with Gasteiger partial charge >= 0.3 is 0 Å². The average Bonchev–Trinajstić information content (AvgIpc) is 2.24. The van der Waals surface area contributed by atoms with Crippen LogP contribution in [-0.2, 0) is 6.54 Å². The summed E-state index contributed by atoms with van der Waals surface area (Å²) < 4.78 is 13.1. The van der Waals surface area contributed by atoms with E-state index in [-0.39, 0.29) is 5.82 Å². The molecule has 0 aliphatic rings. The first-order valence-corrected chi connectivity index (χ1v) is 6.83. The molecule has 1 aromatic rings. The fourth-order valence-electron chi connectivity index (χ4n) is 1.76. The van der Waals surface area contributed by atoms with Crippen LogP contribution in [0.5, 0.6) is 0 Å².